The number of benzene rings is 2. The minimum Gasteiger partial charge on any atom is -0.440 e. The standard InChI is InChI=1S/C27H29N5O3/c1-20-3-4-22(27(33)28-10-12-31-13-15-34-16-14-31)17-23(20)18-26-29-19-25(35-26)21-5-7-24(8-6-21)32-11-2-9-30-32/h2-9,11,17,19H,10,12-16,18H2,1H3,(H,28,33). The number of carbonyl (C=O) groups excluding carboxylic acids is 1. The Labute approximate surface area is 204 Å². The summed E-state index contributed by atoms with van der Waals surface area (Å²) in [5, 5.41) is 7.28. The summed E-state index contributed by atoms with van der Waals surface area (Å²) in [6.07, 6.45) is 5.92. The Morgan fingerprint density at radius 1 is 1.11 bits per heavy atom. The fraction of sp³-hybridized carbons (Fsp3) is 0.296. The molecule has 2 aromatic heterocycles. The van der Waals surface area contributed by atoms with Crippen molar-refractivity contribution < 1.29 is 13.9 Å². The molecule has 1 fully saturated rings. The molecule has 8 heteroatoms. The molecule has 180 valence electrons. The largest absolute Gasteiger partial charge is 0.440 e. The number of amides is 1. The molecule has 0 spiro atoms. The van der Waals surface area contributed by atoms with Crippen molar-refractivity contribution in [3.63, 3.8) is 0 Å². The smallest absolute Gasteiger partial charge is 0.251 e. The van der Waals surface area contributed by atoms with Gasteiger partial charge < -0.3 is 14.5 Å². The molecular weight excluding hydrogens is 442 g/mol. The summed E-state index contributed by atoms with van der Waals surface area (Å²) in [4.78, 5) is 19.5. The lowest BCUT2D eigenvalue weighted by molar-refractivity contribution is 0.0383. The number of carbonyl (C=O) groups is 1. The second kappa shape index (κ2) is 10.7. The Morgan fingerprint density at radius 2 is 1.94 bits per heavy atom. The highest BCUT2D eigenvalue weighted by Crippen LogP contribution is 2.24. The molecule has 35 heavy (non-hydrogen) atoms. The summed E-state index contributed by atoms with van der Waals surface area (Å²) in [7, 11) is 0. The van der Waals surface area contributed by atoms with Crippen molar-refractivity contribution in [2.24, 2.45) is 0 Å². The van der Waals surface area contributed by atoms with Crippen molar-refractivity contribution in [3.05, 3.63) is 89.7 Å². The molecule has 1 aliphatic rings. The van der Waals surface area contributed by atoms with Gasteiger partial charge in [0.05, 0.1) is 25.1 Å². The van der Waals surface area contributed by atoms with Crippen LogP contribution in [0.4, 0.5) is 0 Å². The molecule has 0 bridgehead atoms. The fourth-order valence-electron chi connectivity index (χ4n) is 4.15. The van der Waals surface area contributed by atoms with Crippen molar-refractivity contribution in [2.45, 2.75) is 13.3 Å². The zero-order valence-electron chi connectivity index (χ0n) is 19.8. The van der Waals surface area contributed by atoms with Crippen molar-refractivity contribution in [1.82, 2.24) is 25.0 Å². The van der Waals surface area contributed by atoms with Crippen LogP contribution in [-0.4, -0.2) is 65.0 Å². The van der Waals surface area contributed by atoms with Crippen LogP contribution in [0, 0.1) is 6.92 Å². The minimum absolute atomic E-state index is 0.0649. The number of ether oxygens (including phenoxy) is 1. The molecular formula is C27H29N5O3. The summed E-state index contributed by atoms with van der Waals surface area (Å²) in [5.74, 6) is 1.26. The molecule has 2 aromatic carbocycles. The first-order chi connectivity index (χ1) is 17.2. The summed E-state index contributed by atoms with van der Waals surface area (Å²) in [5.41, 5.74) is 4.69. The molecule has 4 aromatic rings. The monoisotopic (exact) mass is 471 g/mol. The normalized spacial score (nSPS) is 14.2. The number of rotatable bonds is 8. The highest BCUT2D eigenvalue weighted by Gasteiger charge is 2.14. The van der Waals surface area contributed by atoms with E-state index in [1.54, 1.807) is 12.4 Å². The first-order valence-corrected chi connectivity index (χ1v) is 11.9. The zero-order valence-corrected chi connectivity index (χ0v) is 19.8. The van der Waals surface area contributed by atoms with Gasteiger partial charge in [-0.2, -0.15) is 5.10 Å². The van der Waals surface area contributed by atoms with Gasteiger partial charge >= 0.3 is 0 Å². The first-order valence-electron chi connectivity index (χ1n) is 11.9. The molecule has 0 unspecified atom stereocenters. The molecule has 8 nitrogen and oxygen atoms in total. The number of hydrogen-bond acceptors (Lipinski definition) is 6. The zero-order chi connectivity index (χ0) is 24.0. The Bertz CT molecular complexity index is 1260. The van der Waals surface area contributed by atoms with Crippen LogP contribution in [0.15, 0.2) is 71.5 Å². The number of oxazole rings is 1. The van der Waals surface area contributed by atoms with Crippen molar-refractivity contribution >= 4 is 5.91 Å². The number of aromatic nitrogens is 3. The molecule has 1 saturated heterocycles. The van der Waals surface area contributed by atoms with Crippen molar-refractivity contribution in [1.29, 1.82) is 0 Å². The molecule has 1 aliphatic heterocycles. The van der Waals surface area contributed by atoms with E-state index in [1.807, 2.05) is 66.3 Å². The third-order valence-corrected chi connectivity index (χ3v) is 6.24. The van der Waals surface area contributed by atoms with Gasteiger partial charge in [-0.3, -0.25) is 9.69 Å². The molecule has 5 rings (SSSR count). The first kappa shape index (κ1) is 23.0. The number of nitrogens with zero attached hydrogens (tertiary/aromatic N) is 4. The van der Waals surface area contributed by atoms with E-state index < -0.39 is 0 Å². The summed E-state index contributed by atoms with van der Waals surface area (Å²) < 4.78 is 13.2. The molecule has 3 heterocycles. The van der Waals surface area contributed by atoms with Crippen LogP contribution >= 0.6 is 0 Å². The predicted molar refractivity (Wildman–Crippen MR) is 133 cm³/mol. The van der Waals surface area contributed by atoms with Gasteiger partial charge in [0, 0.05) is 56.1 Å². The van der Waals surface area contributed by atoms with Gasteiger partial charge in [0.2, 0.25) is 0 Å². The van der Waals surface area contributed by atoms with Gasteiger partial charge in [-0.1, -0.05) is 6.07 Å². The lowest BCUT2D eigenvalue weighted by atomic mass is 10.0. The lowest BCUT2D eigenvalue weighted by Gasteiger charge is -2.26. The van der Waals surface area contributed by atoms with E-state index in [1.165, 1.54) is 0 Å². The molecule has 0 aliphatic carbocycles. The van der Waals surface area contributed by atoms with Gasteiger partial charge in [0.25, 0.3) is 5.91 Å². The third-order valence-electron chi connectivity index (χ3n) is 6.24. The maximum absolute atomic E-state index is 12.7. The average molecular weight is 472 g/mol. The van der Waals surface area contributed by atoms with E-state index in [0.717, 1.165) is 55.2 Å². The predicted octanol–water partition coefficient (Wildman–Crippen LogP) is 3.49. The van der Waals surface area contributed by atoms with Crippen LogP contribution in [-0.2, 0) is 11.2 Å². The maximum atomic E-state index is 12.7. The molecule has 1 N–H and O–H groups in total. The van der Waals surface area contributed by atoms with E-state index in [9.17, 15) is 4.79 Å². The second-order valence-electron chi connectivity index (χ2n) is 8.64. The van der Waals surface area contributed by atoms with Crippen LogP contribution in [0.1, 0.15) is 27.4 Å². The number of hydrogen-bond donors (Lipinski definition) is 1. The Hall–Kier alpha value is -3.75. The highest BCUT2D eigenvalue weighted by atomic mass is 16.5. The van der Waals surface area contributed by atoms with Crippen molar-refractivity contribution in [3.8, 4) is 17.0 Å². The lowest BCUT2D eigenvalue weighted by Crippen LogP contribution is -2.41. The minimum atomic E-state index is -0.0649. The highest BCUT2D eigenvalue weighted by molar-refractivity contribution is 5.94. The van der Waals surface area contributed by atoms with Crippen LogP contribution in [0.25, 0.3) is 17.0 Å². The van der Waals surface area contributed by atoms with Gasteiger partial charge in [-0.15, -0.1) is 0 Å². The average Bonchev–Trinajstić information content (AvgIpc) is 3.59. The summed E-state index contributed by atoms with van der Waals surface area (Å²) >= 11 is 0. The SMILES string of the molecule is Cc1ccc(C(=O)NCCN2CCOCC2)cc1Cc1ncc(-c2ccc(-n3cccn3)cc2)o1. The molecule has 1 amide bonds. The number of aryl methyl sites for hydroxylation is 1. The summed E-state index contributed by atoms with van der Waals surface area (Å²) in [6, 6.07) is 15.6. The van der Waals surface area contributed by atoms with Gasteiger partial charge in [0.15, 0.2) is 11.7 Å². The topological polar surface area (TPSA) is 85.4 Å². The Kier molecular flexibility index (Phi) is 7.02. The quantitative estimate of drug-likeness (QED) is 0.424. The van der Waals surface area contributed by atoms with E-state index >= 15 is 0 Å². The number of nitrogens with one attached hydrogen (secondary N) is 1. The Morgan fingerprint density at radius 3 is 2.71 bits per heavy atom. The van der Waals surface area contributed by atoms with E-state index in [-0.39, 0.29) is 5.91 Å². The van der Waals surface area contributed by atoms with Gasteiger partial charge in [0.1, 0.15) is 0 Å². The summed E-state index contributed by atoms with van der Waals surface area (Å²) in [6.45, 7) is 6.82. The van der Waals surface area contributed by atoms with Crippen molar-refractivity contribution in [2.75, 3.05) is 39.4 Å². The maximum Gasteiger partial charge on any atom is 0.251 e. The van der Waals surface area contributed by atoms with Crippen LogP contribution in [0.2, 0.25) is 0 Å². The van der Waals surface area contributed by atoms with E-state index in [0.29, 0.717) is 30.2 Å². The van der Waals surface area contributed by atoms with Crippen LogP contribution in [0.5, 0.6) is 0 Å². The second-order valence-corrected chi connectivity index (χ2v) is 8.64. The van der Waals surface area contributed by atoms with Crippen LogP contribution in [0.3, 0.4) is 0 Å². The van der Waals surface area contributed by atoms with Gasteiger partial charge in [-0.25, -0.2) is 9.67 Å². The molecule has 0 saturated carbocycles. The fourth-order valence-corrected chi connectivity index (χ4v) is 4.15. The molecule has 0 atom stereocenters. The third kappa shape index (κ3) is 5.67. The van der Waals surface area contributed by atoms with Crippen LogP contribution < -0.4 is 5.32 Å². The van der Waals surface area contributed by atoms with E-state index in [2.05, 4.69) is 20.3 Å². The van der Waals surface area contributed by atoms with E-state index in [4.69, 9.17) is 9.15 Å². The molecule has 0 radical (unpaired) electrons. The Balaban J connectivity index is 1.21. The number of morpholine rings is 1. The van der Waals surface area contributed by atoms with Gasteiger partial charge in [-0.05, 0) is 60.5 Å².